The smallest absolute Gasteiger partial charge is 0.115 e. The van der Waals surface area contributed by atoms with Crippen molar-refractivity contribution in [1.82, 2.24) is 0 Å². The lowest BCUT2D eigenvalue weighted by Crippen LogP contribution is -1.78. The molecule has 1 heteroatoms. The summed E-state index contributed by atoms with van der Waals surface area (Å²) in [6, 6.07) is 7.31. The highest BCUT2D eigenvalue weighted by Crippen LogP contribution is 2.10. The van der Waals surface area contributed by atoms with E-state index in [4.69, 9.17) is 5.11 Å². The van der Waals surface area contributed by atoms with Crippen LogP contribution >= 0.6 is 0 Å². The van der Waals surface area contributed by atoms with Gasteiger partial charge in [-0.25, -0.2) is 0 Å². The number of phenolic OH excluding ortho intramolecular Hbond substituents is 1. The Balaban J connectivity index is 2.53. The van der Waals surface area contributed by atoms with Crippen LogP contribution in [0, 0.1) is 0 Å². The molecule has 0 aliphatic rings. The molecule has 12 heavy (non-hydrogen) atoms. The number of hydrogen-bond acceptors (Lipinski definition) is 1. The van der Waals surface area contributed by atoms with Gasteiger partial charge in [0.25, 0.3) is 0 Å². The lowest BCUT2D eigenvalue weighted by Gasteiger charge is -1.95. The van der Waals surface area contributed by atoms with Gasteiger partial charge in [-0.15, -0.1) is 0 Å². The fraction of sp³-hybridized carbons (Fsp3) is 0.273. The van der Waals surface area contributed by atoms with Gasteiger partial charge in [-0.2, -0.15) is 0 Å². The predicted octanol–water partition coefficient (Wildman–Crippen LogP) is 2.90. The molecular formula is C11H14O. The van der Waals surface area contributed by atoms with Crippen LogP contribution in [0.1, 0.15) is 18.9 Å². The van der Waals surface area contributed by atoms with Crippen LogP contribution in [0.4, 0.5) is 0 Å². The van der Waals surface area contributed by atoms with Gasteiger partial charge in [0.2, 0.25) is 0 Å². The lowest BCUT2D eigenvalue weighted by molar-refractivity contribution is 0.475. The second-order valence-corrected chi connectivity index (χ2v) is 2.75. The fourth-order valence-corrected chi connectivity index (χ4v) is 1.02. The van der Waals surface area contributed by atoms with Crippen LogP contribution in [0.5, 0.6) is 5.75 Å². The molecule has 0 spiro atoms. The zero-order valence-corrected chi connectivity index (χ0v) is 7.33. The van der Waals surface area contributed by atoms with E-state index in [1.165, 1.54) is 5.56 Å². The Morgan fingerprint density at radius 3 is 2.42 bits per heavy atom. The van der Waals surface area contributed by atoms with Crippen LogP contribution in [0.2, 0.25) is 0 Å². The third-order valence-corrected chi connectivity index (χ3v) is 1.69. The summed E-state index contributed by atoms with van der Waals surface area (Å²) < 4.78 is 0. The molecule has 0 radical (unpaired) electrons. The van der Waals surface area contributed by atoms with E-state index in [1.807, 2.05) is 12.1 Å². The molecule has 1 nitrogen and oxygen atoms in total. The van der Waals surface area contributed by atoms with Crippen molar-refractivity contribution in [2.45, 2.75) is 19.8 Å². The first-order valence-electron chi connectivity index (χ1n) is 4.26. The van der Waals surface area contributed by atoms with E-state index in [1.54, 1.807) is 12.1 Å². The van der Waals surface area contributed by atoms with E-state index in [2.05, 4.69) is 19.1 Å². The van der Waals surface area contributed by atoms with Crippen molar-refractivity contribution in [3.05, 3.63) is 42.0 Å². The molecule has 1 rings (SSSR count). The minimum Gasteiger partial charge on any atom is -0.508 e. The van der Waals surface area contributed by atoms with Gasteiger partial charge in [0, 0.05) is 0 Å². The number of allylic oxidation sites excluding steroid dienone is 2. The molecule has 0 bridgehead atoms. The average molecular weight is 162 g/mol. The largest absolute Gasteiger partial charge is 0.508 e. The summed E-state index contributed by atoms with van der Waals surface area (Å²) >= 11 is 0. The normalized spacial score (nSPS) is 10.8. The molecule has 0 fully saturated rings. The summed E-state index contributed by atoms with van der Waals surface area (Å²) in [7, 11) is 0. The van der Waals surface area contributed by atoms with Crippen molar-refractivity contribution in [2.75, 3.05) is 0 Å². The Kier molecular flexibility index (Phi) is 3.39. The summed E-state index contributed by atoms with van der Waals surface area (Å²) in [5.41, 5.74) is 1.23. The molecular weight excluding hydrogens is 148 g/mol. The summed E-state index contributed by atoms with van der Waals surface area (Å²) in [5, 5.41) is 9.01. The quantitative estimate of drug-likeness (QED) is 0.677. The zero-order chi connectivity index (χ0) is 8.81. The van der Waals surface area contributed by atoms with Gasteiger partial charge in [-0.3, -0.25) is 0 Å². The number of rotatable bonds is 3. The number of hydrogen-bond donors (Lipinski definition) is 1. The highest BCUT2D eigenvalue weighted by Gasteiger charge is 1.88. The predicted molar refractivity (Wildman–Crippen MR) is 51.2 cm³/mol. The van der Waals surface area contributed by atoms with Gasteiger partial charge in [-0.05, 0) is 30.5 Å². The Labute approximate surface area is 73.4 Å². The van der Waals surface area contributed by atoms with Gasteiger partial charge < -0.3 is 5.11 Å². The van der Waals surface area contributed by atoms with E-state index >= 15 is 0 Å². The Hall–Kier alpha value is -1.24. The molecule has 0 aromatic heterocycles. The summed E-state index contributed by atoms with van der Waals surface area (Å²) in [5.74, 6) is 0.332. The van der Waals surface area contributed by atoms with Crippen LogP contribution in [0.15, 0.2) is 36.4 Å². The zero-order valence-electron chi connectivity index (χ0n) is 7.33. The maximum Gasteiger partial charge on any atom is 0.115 e. The van der Waals surface area contributed by atoms with E-state index in [-0.39, 0.29) is 0 Å². The fourth-order valence-electron chi connectivity index (χ4n) is 1.02. The first kappa shape index (κ1) is 8.85. The molecule has 1 aromatic carbocycles. The van der Waals surface area contributed by atoms with Gasteiger partial charge in [-0.1, -0.05) is 31.2 Å². The summed E-state index contributed by atoms with van der Waals surface area (Å²) in [6.07, 6.45) is 6.32. The molecule has 0 heterocycles. The highest BCUT2D eigenvalue weighted by atomic mass is 16.3. The summed E-state index contributed by atoms with van der Waals surface area (Å²) in [4.78, 5) is 0. The minimum absolute atomic E-state index is 0.332. The lowest BCUT2D eigenvalue weighted by atomic mass is 10.1. The van der Waals surface area contributed by atoms with Crippen LogP contribution < -0.4 is 0 Å². The van der Waals surface area contributed by atoms with Crippen LogP contribution in [-0.4, -0.2) is 5.11 Å². The third kappa shape index (κ3) is 2.79. The van der Waals surface area contributed by atoms with Gasteiger partial charge in [0.1, 0.15) is 5.75 Å². The van der Waals surface area contributed by atoms with Gasteiger partial charge >= 0.3 is 0 Å². The molecule has 0 saturated carbocycles. The molecule has 0 atom stereocenters. The molecule has 64 valence electrons. The van der Waals surface area contributed by atoms with Crippen molar-refractivity contribution in [3.63, 3.8) is 0 Å². The number of phenols is 1. The molecule has 0 aliphatic carbocycles. The summed E-state index contributed by atoms with van der Waals surface area (Å²) in [6.45, 7) is 2.12. The van der Waals surface area contributed by atoms with Crippen molar-refractivity contribution in [2.24, 2.45) is 0 Å². The maximum absolute atomic E-state index is 9.01. The van der Waals surface area contributed by atoms with E-state index in [9.17, 15) is 0 Å². The standard InChI is InChI=1S/C11H14O/c1-2-3-4-5-10-6-8-11(12)9-7-10/h3-4,6-9,12H,2,5H2,1H3/b4-3+. The van der Waals surface area contributed by atoms with Gasteiger partial charge in [0.05, 0.1) is 0 Å². The Bertz CT molecular complexity index is 246. The molecule has 0 unspecified atom stereocenters. The SMILES string of the molecule is CC/C=C/Cc1ccc(O)cc1. The van der Waals surface area contributed by atoms with Crippen LogP contribution in [0.3, 0.4) is 0 Å². The third-order valence-electron chi connectivity index (χ3n) is 1.69. The van der Waals surface area contributed by atoms with Crippen molar-refractivity contribution >= 4 is 0 Å². The first-order valence-corrected chi connectivity index (χ1v) is 4.26. The second-order valence-electron chi connectivity index (χ2n) is 2.75. The minimum atomic E-state index is 0.332. The Morgan fingerprint density at radius 2 is 1.83 bits per heavy atom. The van der Waals surface area contributed by atoms with Crippen molar-refractivity contribution in [1.29, 1.82) is 0 Å². The van der Waals surface area contributed by atoms with Crippen LogP contribution in [-0.2, 0) is 6.42 Å². The average Bonchev–Trinajstić information content (AvgIpc) is 2.09. The van der Waals surface area contributed by atoms with Crippen molar-refractivity contribution < 1.29 is 5.11 Å². The highest BCUT2D eigenvalue weighted by molar-refractivity contribution is 5.27. The monoisotopic (exact) mass is 162 g/mol. The molecule has 0 amide bonds. The molecule has 1 aromatic rings. The molecule has 0 aliphatic heterocycles. The number of benzene rings is 1. The van der Waals surface area contributed by atoms with Crippen LogP contribution in [0.25, 0.3) is 0 Å². The maximum atomic E-state index is 9.01. The molecule has 0 saturated heterocycles. The Morgan fingerprint density at radius 1 is 1.17 bits per heavy atom. The van der Waals surface area contributed by atoms with Crippen molar-refractivity contribution in [3.8, 4) is 5.75 Å². The van der Waals surface area contributed by atoms with E-state index in [0.29, 0.717) is 5.75 Å². The number of aromatic hydroxyl groups is 1. The first-order chi connectivity index (χ1) is 5.83. The van der Waals surface area contributed by atoms with E-state index in [0.717, 1.165) is 12.8 Å². The molecule has 1 N–H and O–H groups in total. The topological polar surface area (TPSA) is 20.2 Å². The van der Waals surface area contributed by atoms with Gasteiger partial charge in [0.15, 0.2) is 0 Å². The van der Waals surface area contributed by atoms with E-state index < -0.39 is 0 Å². The second kappa shape index (κ2) is 4.60.